The molecule has 5 N–H and O–H groups in total. The molecule has 6 rings (SSSR count). The van der Waals surface area contributed by atoms with Crippen LogP contribution >= 0.6 is 0 Å². The van der Waals surface area contributed by atoms with E-state index < -0.39 is 11.7 Å². The fourth-order valence-corrected chi connectivity index (χ4v) is 5.41. The van der Waals surface area contributed by atoms with E-state index in [1.807, 2.05) is 13.8 Å². The van der Waals surface area contributed by atoms with Crippen LogP contribution in [0.15, 0.2) is 45.7 Å². The van der Waals surface area contributed by atoms with E-state index in [-0.39, 0.29) is 35.2 Å². The standard InChI is InChI=1S/C25H22N6O4.C2H5NO.C2H6/c1-2-15-11-25(7-5-16(15)25)13-27-23(33)19-10-18(29-21-6-8-28-31(19)21)22(32)26-12-14-3-4-20-17(9-14)30-24(34)35-20;1-2(3)4;1-2/h1,3-4,6,8-10,15-16H,5,7,11-13H2,(H,26,32)(H,27,33)(H,30,34);1H3,(H2,3,4);1-2H3. The average molecular weight is 560 g/mol. The van der Waals surface area contributed by atoms with E-state index >= 15 is 0 Å². The third-order valence-electron chi connectivity index (χ3n) is 7.43. The van der Waals surface area contributed by atoms with E-state index in [1.54, 1.807) is 24.3 Å². The van der Waals surface area contributed by atoms with Crippen LogP contribution in [-0.4, -0.2) is 43.8 Å². The smallest absolute Gasteiger partial charge is 0.408 e. The number of H-pyrrole nitrogens is 1. The lowest BCUT2D eigenvalue weighted by atomic mass is 9.43. The molecule has 3 unspecified atom stereocenters. The van der Waals surface area contributed by atoms with Gasteiger partial charge < -0.3 is 20.8 Å². The van der Waals surface area contributed by atoms with Crippen molar-refractivity contribution >= 4 is 34.5 Å². The Bertz CT molecular complexity index is 1690. The second-order valence-corrected chi connectivity index (χ2v) is 9.93. The van der Waals surface area contributed by atoms with Crippen molar-refractivity contribution in [2.45, 2.75) is 46.6 Å². The lowest BCUT2D eigenvalue weighted by Gasteiger charge is -2.62. The first-order chi connectivity index (χ1) is 19.7. The SMILES string of the molecule is C#CC1CC2(CNC(=O)c3cc(C(=O)NCc4ccc5oc(=O)[nH]c5c4)nc4ccnn34)CCC12.CC.CC(N)=O. The van der Waals surface area contributed by atoms with Gasteiger partial charge in [0.2, 0.25) is 5.91 Å². The summed E-state index contributed by atoms with van der Waals surface area (Å²) >= 11 is 0. The highest BCUT2D eigenvalue weighted by Crippen LogP contribution is 2.63. The fraction of sp³-hybridized carbons (Fsp3) is 0.379. The lowest BCUT2D eigenvalue weighted by molar-refractivity contribution is -0.115. The number of carbonyl (C=O) groups is 3. The quantitative estimate of drug-likeness (QED) is 0.262. The monoisotopic (exact) mass is 559 g/mol. The summed E-state index contributed by atoms with van der Waals surface area (Å²) in [5, 5.41) is 10.0. The van der Waals surface area contributed by atoms with Gasteiger partial charge in [-0.05, 0) is 48.3 Å². The number of aromatic amines is 1. The van der Waals surface area contributed by atoms with Crippen molar-refractivity contribution < 1.29 is 18.8 Å². The summed E-state index contributed by atoms with van der Waals surface area (Å²) in [6.45, 7) is 6.07. The summed E-state index contributed by atoms with van der Waals surface area (Å²) < 4.78 is 6.42. The fourth-order valence-electron chi connectivity index (χ4n) is 5.41. The molecule has 214 valence electrons. The predicted octanol–water partition coefficient (Wildman–Crippen LogP) is 2.39. The molecular formula is C29H33N7O5. The van der Waals surface area contributed by atoms with Crippen LogP contribution in [0.2, 0.25) is 0 Å². The Kier molecular flexibility index (Phi) is 8.56. The molecule has 3 atom stereocenters. The molecule has 2 aliphatic carbocycles. The normalized spacial score (nSPS) is 20.0. The molecule has 0 aliphatic heterocycles. The summed E-state index contributed by atoms with van der Waals surface area (Å²) in [6.07, 6.45) is 10.2. The molecule has 1 aromatic carbocycles. The predicted molar refractivity (Wildman–Crippen MR) is 152 cm³/mol. The molecule has 2 saturated carbocycles. The summed E-state index contributed by atoms with van der Waals surface area (Å²) in [7, 11) is 0. The minimum Gasteiger partial charge on any atom is -0.408 e. The van der Waals surface area contributed by atoms with E-state index in [0.717, 1.165) is 24.8 Å². The van der Waals surface area contributed by atoms with Gasteiger partial charge in [-0.2, -0.15) is 5.10 Å². The first kappa shape index (κ1) is 29.1. The topological polar surface area (TPSA) is 177 Å². The Morgan fingerprint density at radius 2 is 1.98 bits per heavy atom. The van der Waals surface area contributed by atoms with E-state index in [4.69, 9.17) is 10.8 Å². The molecule has 2 fully saturated rings. The van der Waals surface area contributed by atoms with Crippen molar-refractivity contribution in [1.82, 2.24) is 30.2 Å². The Labute approximate surface area is 236 Å². The van der Waals surface area contributed by atoms with Crippen LogP contribution < -0.4 is 22.1 Å². The average Bonchev–Trinajstić information content (AvgIpc) is 3.57. The van der Waals surface area contributed by atoms with Gasteiger partial charge in [-0.25, -0.2) is 14.3 Å². The zero-order chi connectivity index (χ0) is 29.7. The van der Waals surface area contributed by atoms with Crippen LogP contribution in [0, 0.1) is 29.6 Å². The number of primary amides is 1. The highest BCUT2D eigenvalue weighted by molar-refractivity contribution is 5.98. The molecule has 0 bridgehead atoms. The summed E-state index contributed by atoms with van der Waals surface area (Å²) in [4.78, 5) is 53.5. The van der Waals surface area contributed by atoms with Crippen LogP contribution in [0.4, 0.5) is 0 Å². The first-order valence-corrected chi connectivity index (χ1v) is 13.4. The zero-order valence-corrected chi connectivity index (χ0v) is 23.2. The Morgan fingerprint density at radius 1 is 1.22 bits per heavy atom. The van der Waals surface area contributed by atoms with Gasteiger partial charge in [0.25, 0.3) is 11.8 Å². The number of amides is 3. The molecule has 41 heavy (non-hydrogen) atoms. The van der Waals surface area contributed by atoms with Gasteiger partial charge in [0.1, 0.15) is 11.4 Å². The second-order valence-electron chi connectivity index (χ2n) is 9.93. The number of nitrogens with two attached hydrogens (primary N) is 1. The van der Waals surface area contributed by atoms with Gasteiger partial charge in [0.15, 0.2) is 11.2 Å². The molecule has 0 radical (unpaired) electrons. The molecule has 3 amide bonds. The summed E-state index contributed by atoms with van der Waals surface area (Å²) in [6, 6.07) is 8.23. The van der Waals surface area contributed by atoms with Gasteiger partial charge in [-0.15, -0.1) is 12.3 Å². The van der Waals surface area contributed by atoms with Crippen LogP contribution in [0.3, 0.4) is 0 Å². The molecule has 12 nitrogen and oxygen atoms in total. The maximum atomic E-state index is 13.1. The minimum absolute atomic E-state index is 0.101. The summed E-state index contributed by atoms with van der Waals surface area (Å²) in [5.41, 5.74) is 7.08. The van der Waals surface area contributed by atoms with Crippen molar-refractivity contribution in [3.05, 3.63) is 64.0 Å². The Balaban J connectivity index is 0.000000596. The van der Waals surface area contributed by atoms with Gasteiger partial charge in [-0.3, -0.25) is 19.4 Å². The number of nitrogens with zero attached hydrogens (tertiary/aromatic N) is 3. The third-order valence-corrected chi connectivity index (χ3v) is 7.43. The highest BCUT2D eigenvalue weighted by atomic mass is 16.4. The van der Waals surface area contributed by atoms with Crippen molar-refractivity contribution in [2.75, 3.05) is 6.54 Å². The number of hydrogen-bond acceptors (Lipinski definition) is 7. The molecule has 4 aromatic rings. The second kappa shape index (κ2) is 12.1. The molecule has 0 spiro atoms. The van der Waals surface area contributed by atoms with E-state index in [2.05, 4.69) is 37.4 Å². The van der Waals surface area contributed by atoms with Crippen molar-refractivity contribution in [3.8, 4) is 12.3 Å². The zero-order valence-electron chi connectivity index (χ0n) is 23.2. The first-order valence-electron chi connectivity index (χ1n) is 13.4. The highest BCUT2D eigenvalue weighted by Gasteiger charge is 2.59. The summed E-state index contributed by atoms with van der Waals surface area (Å²) in [5.74, 6) is 2.03. The number of fused-ring (bicyclic) bond motifs is 3. The van der Waals surface area contributed by atoms with Crippen molar-refractivity contribution in [1.29, 1.82) is 0 Å². The number of nitrogens with one attached hydrogen (secondary N) is 3. The number of rotatable bonds is 6. The lowest BCUT2D eigenvalue weighted by Crippen LogP contribution is -2.60. The molecule has 2 aliphatic rings. The number of hydrogen-bond donors (Lipinski definition) is 4. The van der Waals surface area contributed by atoms with E-state index in [1.165, 1.54) is 23.7 Å². The Hall–Kier alpha value is -4.92. The van der Waals surface area contributed by atoms with E-state index in [9.17, 15) is 19.2 Å². The van der Waals surface area contributed by atoms with Gasteiger partial charge in [-0.1, -0.05) is 19.9 Å². The third kappa shape index (κ3) is 5.99. The van der Waals surface area contributed by atoms with Crippen LogP contribution in [0.5, 0.6) is 0 Å². The molecule has 0 saturated heterocycles. The van der Waals surface area contributed by atoms with Crippen LogP contribution in [-0.2, 0) is 11.3 Å². The molecule has 3 aromatic heterocycles. The van der Waals surface area contributed by atoms with Crippen molar-refractivity contribution in [3.63, 3.8) is 0 Å². The van der Waals surface area contributed by atoms with Crippen LogP contribution in [0.25, 0.3) is 16.7 Å². The maximum absolute atomic E-state index is 13.1. The largest absolute Gasteiger partial charge is 0.417 e. The van der Waals surface area contributed by atoms with Gasteiger partial charge in [0, 0.05) is 38.1 Å². The molecular weight excluding hydrogens is 526 g/mol. The van der Waals surface area contributed by atoms with E-state index in [0.29, 0.717) is 35.1 Å². The van der Waals surface area contributed by atoms with Gasteiger partial charge >= 0.3 is 5.76 Å². The number of oxazole rings is 1. The van der Waals surface area contributed by atoms with Gasteiger partial charge in [0.05, 0.1) is 11.7 Å². The maximum Gasteiger partial charge on any atom is 0.417 e. The van der Waals surface area contributed by atoms with Crippen LogP contribution in [0.1, 0.15) is 66.6 Å². The number of benzene rings is 1. The number of carbonyl (C=O) groups excluding carboxylic acids is 3. The van der Waals surface area contributed by atoms with Crippen molar-refractivity contribution in [2.24, 2.45) is 23.0 Å². The molecule has 12 heteroatoms. The minimum atomic E-state index is -0.536. The number of terminal acetylenes is 1. The number of aromatic nitrogens is 4. The molecule has 3 heterocycles. The Morgan fingerprint density at radius 3 is 2.63 bits per heavy atom.